The van der Waals surface area contributed by atoms with Gasteiger partial charge in [0, 0.05) is 33.7 Å². The number of ether oxygens (including phenoxy) is 2. The zero-order valence-electron chi connectivity index (χ0n) is 18.5. The van der Waals surface area contributed by atoms with Crippen LogP contribution in [0.2, 0.25) is 0 Å². The van der Waals surface area contributed by atoms with Crippen LogP contribution in [0.5, 0.6) is 5.75 Å². The Kier molecular flexibility index (Phi) is 5.18. The topological polar surface area (TPSA) is 83.5 Å². The molecule has 0 aliphatic carbocycles. The zero-order chi connectivity index (χ0) is 22.4. The van der Waals surface area contributed by atoms with Crippen LogP contribution in [0.1, 0.15) is 11.7 Å². The van der Waals surface area contributed by atoms with Gasteiger partial charge in [-0.05, 0) is 19.1 Å². The predicted molar refractivity (Wildman–Crippen MR) is 116 cm³/mol. The number of likely N-dealkylation sites (N-methyl/N-ethyl adjacent to an activating group) is 2. The molecule has 0 spiro atoms. The first-order chi connectivity index (χ1) is 15.5. The van der Waals surface area contributed by atoms with Gasteiger partial charge in [0.1, 0.15) is 24.2 Å². The number of benzene rings is 1. The van der Waals surface area contributed by atoms with Crippen LogP contribution in [0.25, 0.3) is 5.69 Å². The molecule has 4 heterocycles. The van der Waals surface area contributed by atoms with Crippen molar-refractivity contribution in [1.82, 2.24) is 19.3 Å². The number of urea groups is 1. The first kappa shape index (κ1) is 20.7. The van der Waals surface area contributed by atoms with E-state index in [-0.39, 0.29) is 11.9 Å². The molecule has 10 nitrogen and oxygen atoms in total. The summed E-state index contributed by atoms with van der Waals surface area (Å²) in [4.78, 5) is 34.9. The Bertz CT molecular complexity index is 1100. The van der Waals surface area contributed by atoms with Gasteiger partial charge < -0.3 is 9.47 Å². The van der Waals surface area contributed by atoms with Crippen molar-refractivity contribution >= 4 is 23.7 Å². The highest BCUT2D eigenvalue weighted by Gasteiger charge is 2.52. The van der Waals surface area contributed by atoms with Gasteiger partial charge in [-0.25, -0.2) is 9.36 Å². The largest absolute Gasteiger partial charge is 0.489 e. The third-order valence-corrected chi connectivity index (χ3v) is 6.20. The number of imidazole rings is 1. The summed E-state index contributed by atoms with van der Waals surface area (Å²) in [5, 5.41) is 0. The van der Waals surface area contributed by atoms with E-state index in [9.17, 15) is 9.59 Å². The van der Waals surface area contributed by atoms with Crippen LogP contribution in [0.3, 0.4) is 0 Å². The van der Waals surface area contributed by atoms with Crippen molar-refractivity contribution in [2.24, 2.45) is 4.99 Å². The maximum atomic E-state index is 12.9. The number of aryl methyl sites for hydroxylation is 1. The highest BCUT2D eigenvalue weighted by Crippen LogP contribution is 2.33. The average molecular weight is 439 g/mol. The molecule has 0 radical (unpaired) electrons. The van der Waals surface area contributed by atoms with Gasteiger partial charge in [-0.15, -0.1) is 0 Å². The van der Waals surface area contributed by atoms with Gasteiger partial charge in [0.2, 0.25) is 11.9 Å². The first-order valence-electron chi connectivity index (χ1n) is 10.8. The molecule has 32 heavy (non-hydrogen) atoms. The number of rotatable bonds is 5. The Labute approximate surface area is 186 Å². The smallest absolute Gasteiger partial charge is 0.407 e. The van der Waals surface area contributed by atoms with Crippen LogP contribution in [-0.4, -0.2) is 90.6 Å². The second kappa shape index (κ2) is 8.03. The molecule has 2 fully saturated rings. The highest BCUT2D eigenvalue weighted by molar-refractivity contribution is 6.18. The van der Waals surface area contributed by atoms with Crippen LogP contribution in [-0.2, 0) is 9.53 Å². The number of amidine groups is 1. The van der Waals surface area contributed by atoms with E-state index in [0.717, 1.165) is 54.9 Å². The molecule has 3 aliphatic rings. The summed E-state index contributed by atoms with van der Waals surface area (Å²) in [7, 11) is 3.14. The van der Waals surface area contributed by atoms with Crippen molar-refractivity contribution in [2.75, 3.05) is 53.6 Å². The molecule has 5 rings (SSSR count). The number of aliphatic imine (C=N–C) groups is 1. The number of para-hydroxylation sites is 2. The normalized spacial score (nSPS) is 21.0. The number of aromatic nitrogens is 2. The van der Waals surface area contributed by atoms with E-state index in [4.69, 9.17) is 14.5 Å². The van der Waals surface area contributed by atoms with Gasteiger partial charge in [-0.3, -0.25) is 19.5 Å². The Hall–Kier alpha value is -3.24. The number of imide groups is 1. The Morgan fingerprint density at radius 1 is 1.16 bits per heavy atom. The fourth-order valence-electron chi connectivity index (χ4n) is 4.44. The number of carbonyl (C=O) groups is 2. The number of fused-ring (bicyclic) bond motifs is 3. The van der Waals surface area contributed by atoms with E-state index < -0.39 is 6.04 Å². The Morgan fingerprint density at radius 3 is 2.69 bits per heavy atom. The molecule has 3 aliphatic heterocycles. The molecule has 0 bridgehead atoms. The molecule has 1 unspecified atom stereocenters. The second-order valence-electron chi connectivity index (χ2n) is 8.19. The fourth-order valence-corrected chi connectivity index (χ4v) is 4.44. The van der Waals surface area contributed by atoms with E-state index in [1.807, 2.05) is 46.5 Å². The lowest BCUT2D eigenvalue weighted by molar-refractivity contribution is -0.676. The molecule has 1 aromatic heterocycles. The minimum Gasteiger partial charge on any atom is -0.489 e. The summed E-state index contributed by atoms with van der Waals surface area (Å²) in [6, 6.07) is 6.77. The van der Waals surface area contributed by atoms with Crippen molar-refractivity contribution in [3.05, 3.63) is 36.2 Å². The number of morpholine rings is 1. The minimum atomic E-state index is -0.646. The average Bonchev–Trinajstić information content (AvgIpc) is 3.32. The molecular formula is C22H27N6O4+. The Morgan fingerprint density at radius 2 is 1.91 bits per heavy atom. The van der Waals surface area contributed by atoms with E-state index in [2.05, 4.69) is 4.90 Å². The van der Waals surface area contributed by atoms with E-state index in [1.165, 1.54) is 11.9 Å². The molecular weight excluding hydrogens is 412 g/mol. The number of hydrogen-bond acceptors (Lipinski definition) is 6. The predicted octanol–water partition coefficient (Wildman–Crippen LogP) is 0.893. The molecule has 2 aromatic rings. The summed E-state index contributed by atoms with van der Waals surface area (Å²) in [6.07, 6.45) is 1.90. The monoisotopic (exact) mass is 439 g/mol. The molecule has 1 aromatic carbocycles. The summed E-state index contributed by atoms with van der Waals surface area (Å²) >= 11 is 0. The van der Waals surface area contributed by atoms with Gasteiger partial charge in [0.05, 0.1) is 13.2 Å². The molecule has 0 saturated carbocycles. The van der Waals surface area contributed by atoms with Crippen molar-refractivity contribution in [2.45, 2.75) is 13.0 Å². The number of amides is 3. The lowest BCUT2D eigenvalue weighted by atomic mass is 10.2. The van der Waals surface area contributed by atoms with E-state index >= 15 is 0 Å². The molecule has 10 heteroatoms. The third kappa shape index (κ3) is 3.26. The lowest BCUT2D eigenvalue weighted by Gasteiger charge is -2.30. The highest BCUT2D eigenvalue weighted by atomic mass is 16.5. The maximum Gasteiger partial charge on any atom is 0.407 e. The van der Waals surface area contributed by atoms with Crippen molar-refractivity contribution in [3.63, 3.8) is 0 Å². The summed E-state index contributed by atoms with van der Waals surface area (Å²) in [5.41, 5.74) is 1.76. The van der Waals surface area contributed by atoms with Crippen LogP contribution in [0.4, 0.5) is 10.7 Å². The number of nitrogens with zero attached hydrogens (tertiary/aromatic N) is 6. The Balaban J connectivity index is 1.46. The zero-order valence-corrected chi connectivity index (χ0v) is 18.5. The van der Waals surface area contributed by atoms with E-state index in [1.54, 1.807) is 7.05 Å². The van der Waals surface area contributed by atoms with Gasteiger partial charge in [0.25, 0.3) is 5.91 Å². The maximum absolute atomic E-state index is 12.9. The molecule has 168 valence electrons. The number of carbonyl (C=O) groups excluding carboxylic acids is 2. The second-order valence-corrected chi connectivity index (χ2v) is 8.19. The lowest BCUT2D eigenvalue weighted by Crippen LogP contribution is -2.61. The first-order valence-corrected chi connectivity index (χ1v) is 10.8. The van der Waals surface area contributed by atoms with Crippen molar-refractivity contribution in [1.29, 1.82) is 0 Å². The quantitative estimate of drug-likeness (QED) is 0.647. The molecule has 3 amide bonds. The van der Waals surface area contributed by atoms with Crippen LogP contribution in [0.15, 0.2) is 35.5 Å². The van der Waals surface area contributed by atoms with Gasteiger partial charge in [0.15, 0.2) is 5.75 Å². The van der Waals surface area contributed by atoms with Crippen LogP contribution < -0.4 is 9.30 Å². The van der Waals surface area contributed by atoms with Gasteiger partial charge in [-0.2, -0.15) is 4.57 Å². The van der Waals surface area contributed by atoms with E-state index in [0.29, 0.717) is 18.4 Å². The summed E-state index contributed by atoms with van der Waals surface area (Å²) < 4.78 is 15.4. The SMILES string of the molecule is Cc1c[n+]2c(n1-c1ccccc1OCCN1CCOCC1)N=C1C2C(=O)N(C)C(=O)N1C. The standard InChI is InChI=1S/C22H27N6O4/c1-15-14-27-18-19(24(2)22(30)25(3)20(18)29)23-21(27)28(15)16-6-4-5-7-17(16)32-13-10-26-8-11-31-12-9-26/h4-7,14,18H,8-13H2,1-3H3/q+1. The molecule has 2 saturated heterocycles. The molecule has 1 atom stereocenters. The third-order valence-electron chi connectivity index (χ3n) is 6.20. The minimum absolute atomic E-state index is 0.289. The molecule has 0 N–H and O–H groups in total. The van der Waals surface area contributed by atoms with Crippen LogP contribution >= 0.6 is 0 Å². The summed E-state index contributed by atoms with van der Waals surface area (Å²) in [5.74, 6) is 1.48. The van der Waals surface area contributed by atoms with Gasteiger partial charge >= 0.3 is 12.0 Å². The van der Waals surface area contributed by atoms with Crippen molar-refractivity contribution < 1.29 is 23.6 Å². The van der Waals surface area contributed by atoms with Crippen LogP contribution in [0, 0.1) is 6.92 Å². The summed E-state index contributed by atoms with van der Waals surface area (Å²) in [6.45, 7) is 6.71. The van der Waals surface area contributed by atoms with Gasteiger partial charge in [-0.1, -0.05) is 17.1 Å². The fraction of sp³-hybridized carbons (Fsp3) is 0.455. The van der Waals surface area contributed by atoms with Crippen molar-refractivity contribution in [3.8, 4) is 11.4 Å². The number of hydrogen-bond donors (Lipinski definition) is 0.